The van der Waals surface area contributed by atoms with E-state index in [-0.39, 0.29) is 24.6 Å². The number of nitrogens with zero attached hydrogens (tertiary/aromatic N) is 2. The summed E-state index contributed by atoms with van der Waals surface area (Å²) in [7, 11) is 1.58. The number of hydrogen-bond donors (Lipinski definition) is 0. The van der Waals surface area contributed by atoms with E-state index in [2.05, 4.69) is 5.10 Å². The lowest BCUT2D eigenvalue weighted by Gasteiger charge is -2.09. The second-order valence-corrected chi connectivity index (χ2v) is 5.75. The van der Waals surface area contributed by atoms with Crippen molar-refractivity contribution in [1.29, 1.82) is 0 Å². The van der Waals surface area contributed by atoms with Gasteiger partial charge in [-0.25, -0.2) is 4.68 Å². The average Bonchev–Trinajstić information content (AvgIpc) is 2.58. The molecule has 1 aromatic heterocycles. The van der Waals surface area contributed by atoms with Crippen LogP contribution in [0.3, 0.4) is 0 Å². The van der Waals surface area contributed by atoms with E-state index in [0.29, 0.717) is 16.5 Å². The van der Waals surface area contributed by atoms with Gasteiger partial charge in [0.1, 0.15) is 6.61 Å². The third kappa shape index (κ3) is 3.35. The maximum Gasteiger partial charge on any atom is 0.312 e. The van der Waals surface area contributed by atoms with Crippen LogP contribution < -0.4 is 5.56 Å². The first-order valence-electron chi connectivity index (χ1n) is 7.70. The van der Waals surface area contributed by atoms with Crippen molar-refractivity contribution in [2.75, 3.05) is 0 Å². The SMILES string of the molecule is Cc1cccc(COC(=O)Cc2nn(C)c(=O)c3ccccc23)c1. The number of carbonyl (C=O) groups is 1. The van der Waals surface area contributed by atoms with E-state index in [1.54, 1.807) is 25.2 Å². The van der Waals surface area contributed by atoms with Gasteiger partial charge in [-0.2, -0.15) is 5.10 Å². The normalized spacial score (nSPS) is 10.8. The van der Waals surface area contributed by atoms with Crippen LogP contribution in [0.4, 0.5) is 0 Å². The lowest BCUT2D eigenvalue weighted by molar-refractivity contribution is -0.144. The molecular formula is C19H18N2O3. The van der Waals surface area contributed by atoms with Crippen LogP contribution in [0.2, 0.25) is 0 Å². The molecule has 0 aliphatic carbocycles. The van der Waals surface area contributed by atoms with Gasteiger partial charge in [-0.1, -0.05) is 48.0 Å². The number of esters is 1. The van der Waals surface area contributed by atoms with E-state index >= 15 is 0 Å². The zero-order valence-electron chi connectivity index (χ0n) is 13.7. The molecule has 0 amide bonds. The summed E-state index contributed by atoms with van der Waals surface area (Å²) in [5.74, 6) is -0.368. The molecule has 0 saturated carbocycles. The Bertz CT molecular complexity index is 960. The molecule has 0 unspecified atom stereocenters. The summed E-state index contributed by atoms with van der Waals surface area (Å²) in [4.78, 5) is 24.3. The fourth-order valence-corrected chi connectivity index (χ4v) is 2.66. The fraction of sp³-hybridized carbons (Fsp3) is 0.211. The minimum absolute atomic E-state index is 0.0282. The number of hydrogen-bond acceptors (Lipinski definition) is 4. The predicted octanol–water partition coefficient (Wildman–Crippen LogP) is 2.53. The molecule has 1 heterocycles. The highest BCUT2D eigenvalue weighted by atomic mass is 16.5. The van der Waals surface area contributed by atoms with Crippen molar-refractivity contribution in [1.82, 2.24) is 9.78 Å². The van der Waals surface area contributed by atoms with Gasteiger partial charge in [-0.05, 0) is 18.6 Å². The second kappa shape index (κ2) is 6.66. The van der Waals surface area contributed by atoms with Crippen LogP contribution in [0.15, 0.2) is 53.3 Å². The molecular weight excluding hydrogens is 304 g/mol. The van der Waals surface area contributed by atoms with Crippen LogP contribution in [0.1, 0.15) is 16.8 Å². The van der Waals surface area contributed by atoms with Crippen molar-refractivity contribution < 1.29 is 9.53 Å². The van der Waals surface area contributed by atoms with E-state index in [0.717, 1.165) is 11.1 Å². The van der Waals surface area contributed by atoms with E-state index in [4.69, 9.17) is 4.74 Å². The minimum atomic E-state index is -0.368. The Balaban J connectivity index is 1.78. The van der Waals surface area contributed by atoms with Crippen LogP contribution in [-0.2, 0) is 29.6 Å². The summed E-state index contributed by atoms with van der Waals surface area (Å²) in [5.41, 5.74) is 2.43. The number of benzene rings is 2. The molecule has 0 spiro atoms. The number of carbonyl (C=O) groups excluding carboxylic acids is 1. The molecule has 0 atom stereocenters. The van der Waals surface area contributed by atoms with Gasteiger partial charge in [0, 0.05) is 12.4 Å². The highest BCUT2D eigenvalue weighted by Gasteiger charge is 2.13. The number of rotatable bonds is 4. The van der Waals surface area contributed by atoms with Crippen molar-refractivity contribution in [3.05, 3.63) is 75.7 Å². The molecule has 0 N–H and O–H groups in total. The van der Waals surface area contributed by atoms with Crippen LogP contribution >= 0.6 is 0 Å². The number of aromatic nitrogens is 2. The lowest BCUT2D eigenvalue weighted by Crippen LogP contribution is -2.22. The Labute approximate surface area is 139 Å². The van der Waals surface area contributed by atoms with Crippen molar-refractivity contribution in [3.63, 3.8) is 0 Å². The molecule has 0 aliphatic rings. The highest BCUT2D eigenvalue weighted by Crippen LogP contribution is 2.14. The fourth-order valence-electron chi connectivity index (χ4n) is 2.66. The Morgan fingerprint density at radius 2 is 1.88 bits per heavy atom. The molecule has 3 rings (SSSR count). The topological polar surface area (TPSA) is 61.2 Å². The molecule has 0 radical (unpaired) electrons. The van der Waals surface area contributed by atoms with Gasteiger partial charge in [0.15, 0.2) is 0 Å². The first-order chi connectivity index (χ1) is 11.5. The molecule has 24 heavy (non-hydrogen) atoms. The zero-order chi connectivity index (χ0) is 17.1. The van der Waals surface area contributed by atoms with Gasteiger partial charge in [0.25, 0.3) is 5.56 Å². The molecule has 0 bridgehead atoms. The zero-order valence-corrected chi connectivity index (χ0v) is 13.7. The van der Waals surface area contributed by atoms with Crippen molar-refractivity contribution in [2.24, 2.45) is 7.05 Å². The monoisotopic (exact) mass is 322 g/mol. The van der Waals surface area contributed by atoms with Gasteiger partial charge in [-0.3, -0.25) is 9.59 Å². The molecule has 0 aliphatic heterocycles. The third-order valence-corrected chi connectivity index (χ3v) is 3.83. The van der Waals surface area contributed by atoms with E-state index < -0.39 is 0 Å². The Hall–Kier alpha value is -2.95. The minimum Gasteiger partial charge on any atom is -0.461 e. The maximum atomic E-state index is 12.2. The van der Waals surface area contributed by atoms with Crippen LogP contribution in [0, 0.1) is 6.92 Å². The third-order valence-electron chi connectivity index (χ3n) is 3.83. The van der Waals surface area contributed by atoms with Crippen LogP contribution in [0.25, 0.3) is 10.8 Å². The van der Waals surface area contributed by atoms with Gasteiger partial charge < -0.3 is 4.74 Å². The first-order valence-corrected chi connectivity index (χ1v) is 7.70. The summed E-state index contributed by atoms with van der Waals surface area (Å²) < 4.78 is 6.60. The summed E-state index contributed by atoms with van der Waals surface area (Å²) >= 11 is 0. The Morgan fingerprint density at radius 1 is 1.12 bits per heavy atom. The quantitative estimate of drug-likeness (QED) is 0.693. The molecule has 5 nitrogen and oxygen atoms in total. The predicted molar refractivity (Wildman–Crippen MR) is 91.7 cm³/mol. The summed E-state index contributed by atoms with van der Waals surface area (Å²) in [6, 6.07) is 15.0. The summed E-state index contributed by atoms with van der Waals surface area (Å²) in [6.45, 7) is 2.22. The molecule has 2 aromatic carbocycles. The Kier molecular flexibility index (Phi) is 4.42. The van der Waals surface area contributed by atoms with Crippen LogP contribution in [0.5, 0.6) is 0 Å². The molecule has 0 fully saturated rings. The first kappa shape index (κ1) is 15.9. The van der Waals surface area contributed by atoms with Gasteiger partial charge in [-0.15, -0.1) is 0 Å². The number of fused-ring (bicyclic) bond motifs is 1. The van der Waals surface area contributed by atoms with Crippen molar-refractivity contribution >= 4 is 16.7 Å². The smallest absolute Gasteiger partial charge is 0.312 e. The van der Waals surface area contributed by atoms with E-state index in [9.17, 15) is 9.59 Å². The average molecular weight is 322 g/mol. The van der Waals surface area contributed by atoms with E-state index in [1.807, 2.05) is 37.3 Å². The van der Waals surface area contributed by atoms with Crippen molar-refractivity contribution in [2.45, 2.75) is 20.0 Å². The van der Waals surface area contributed by atoms with Gasteiger partial charge in [0.05, 0.1) is 17.5 Å². The molecule has 0 saturated heterocycles. The maximum absolute atomic E-state index is 12.2. The number of ether oxygens (including phenoxy) is 1. The Morgan fingerprint density at radius 3 is 2.62 bits per heavy atom. The van der Waals surface area contributed by atoms with Gasteiger partial charge >= 0.3 is 5.97 Å². The highest BCUT2D eigenvalue weighted by molar-refractivity contribution is 5.86. The standard InChI is InChI=1S/C19H18N2O3/c1-13-6-5-7-14(10-13)12-24-18(22)11-17-15-8-3-4-9-16(15)19(23)21(2)20-17/h3-10H,11-12H2,1-2H3. The largest absolute Gasteiger partial charge is 0.461 e. The lowest BCUT2D eigenvalue weighted by atomic mass is 10.1. The second-order valence-electron chi connectivity index (χ2n) is 5.75. The van der Waals surface area contributed by atoms with Crippen molar-refractivity contribution in [3.8, 4) is 0 Å². The molecule has 5 heteroatoms. The summed E-state index contributed by atoms with van der Waals surface area (Å²) in [6.07, 6.45) is 0.0282. The molecule has 122 valence electrons. The van der Waals surface area contributed by atoms with Gasteiger partial charge in [0.2, 0.25) is 0 Å². The number of aryl methyl sites for hydroxylation is 2. The molecule has 3 aromatic rings. The summed E-state index contributed by atoms with van der Waals surface area (Å²) in [5, 5.41) is 5.45. The van der Waals surface area contributed by atoms with E-state index in [1.165, 1.54) is 4.68 Å². The van der Waals surface area contributed by atoms with Crippen LogP contribution in [-0.4, -0.2) is 15.7 Å².